The molecule has 0 rings (SSSR count). The Bertz CT molecular complexity index is 1050. The summed E-state index contributed by atoms with van der Waals surface area (Å²) in [6.45, 7) is 11.9. The fourth-order valence-electron chi connectivity index (χ4n) is 7.10. The van der Waals surface area contributed by atoms with Crippen LogP contribution in [0, 0.1) is 6.57 Å². The Morgan fingerprint density at radius 2 is 0.885 bits per heavy atom. The molecule has 2 atom stereocenters. The quantitative estimate of drug-likeness (QED) is 0.0196. The molecule has 61 heavy (non-hydrogen) atoms. The number of quaternary nitrogens is 1. The van der Waals surface area contributed by atoms with Crippen molar-refractivity contribution in [2.24, 2.45) is 0 Å². The maximum Gasteiger partial charge on any atom is 0.475 e. The minimum atomic E-state index is -4.06. The summed E-state index contributed by atoms with van der Waals surface area (Å²) in [5, 5.41) is 0. The number of unbranched alkanes of at least 4 members (excludes halogenated alkanes) is 28. The zero-order valence-electron chi connectivity index (χ0n) is 39.6. The number of hydrogen-bond donors (Lipinski definition) is 0. The van der Waals surface area contributed by atoms with E-state index in [2.05, 4.69) is 39.8 Å². The number of rotatable bonds is 46. The molecule has 0 bridgehead atoms. The minimum Gasteiger partial charge on any atom is -1.00 e. The van der Waals surface area contributed by atoms with Crippen LogP contribution in [0.4, 0.5) is 0 Å². The normalized spacial score (nSPS) is 12.8. The SMILES string of the molecule is C.[C-]#[N+]CCOP(=O)(OCCC[N+](C)(C)C)OCC(COC(=O)CCCCCCCCCCCCCCCCC)OC(=O)CCCCCCCCCCCCCCCCC.[Cl-]. The van der Waals surface area contributed by atoms with Crippen molar-refractivity contribution in [2.45, 2.75) is 239 Å². The highest BCUT2D eigenvalue weighted by Crippen LogP contribution is 2.49. The molecule has 2 unspecified atom stereocenters. The summed E-state index contributed by atoms with van der Waals surface area (Å²) < 4.78 is 42.2. The van der Waals surface area contributed by atoms with Gasteiger partial charge < -0.3 is 31.2 Å². The van der Waals surface area contributed by atoms with Crippen molar-refractivity contribution in [2.75, 3.05) is 60.7 Å². The van der Waals surface area contributed by atoms with Crippen molar-refractivity contribution >= 4 is 19.8 Å². The van der Waals surface area contributed by atoms with Gasteiger partial charge >= 0.3 is 19.8 Å². The smallest absolute Gasteiger partial charge is 0.475 e. The molecular formula is C49H98ClN2O8P. The lowest BCUT2D eigenvalue weighted by molar-refractivity contribution is -0.870. The van der Waals surface area contributed by atoms with Gasteiger partial charge in [-0.05, 0) is 12.8 Å². The van der Waals surface area contributed by atoms with Crippen molar-refractivity contribution in [3.05, 3.63) is 11.4 Å². The van der Waals surface area contributed by atoms with Gasteiger partial charge in [-0.2, -0.15) is 0 Å². The van der Waals surface area contributed by atoms with E-state index in [1.807, 2.05) is 0 Å². The molecule has 12 heteroatoms. The Kier molecular flexibility index (Phi) is 49.1. The second-order valence-electron chi connectivity index (χ2n) is 17.9. The van der Waals surface area contributed by atoms with E-state index >= 15 is 0 Å². The largest absolute Gasteiger partial charge is 1.00 e. The molecule has 364 valence electrons. The first-order valence-electron chi connectivity index (χ1n) is 24.6. The molecule has 0 saturated heterocycles. The number of carbonyl (C=O) groups excluding carboxylic acids is 2. The molecular weight excluding hydrogens is 811 g/mol. The molecule has 10 nitrogen and oxygen atoms in total. The summed E-state index contributed by atoms with van der Waals surface area (Å²) in [7, 11) is 2.11. The first-order chi connectivity index (χ1) is 28.5. The molecule has 0 aromatic rings. The molecule has 0 radical (unpaired) electrons. The standard InChI is InChI=1S/C48H94N2O8P.CH4.ClH/c1-7-9-11-13-15-17-19-21-23-25-27-29-31-33-35-38-47(51)54-44-46(45-57-59(53,56-43-40-49-3)55-42-37-41-50(4,5)6)58-48(52)39-36-34-32-30-28-26-24-22-20-18-16-14-12-10-8-2;;/h46H,7-45H2,1-2,4-6H3;1H4;1H/q+1;;/p-1. The highest BCUT2D eigenvalue weighted by Gasteiger charge is 2.30. The van der Waals surface area contributed by atoms with E-state index < -0.39 is 19.9 Å². The number of nitrogens with zero attached hydrogens (tertiary/aromatic N) is 2. The van der Waals surface area contributed by atoms with Crippen LogP contribution in [0.1, 0.15) is 233 Å². The van der Waals surface area contributed by atoms with Crippen LogP contribution in [-0.2, 0) is 37.2 Å². The third-order valence-corrected chi connectivity index (χ3v) is 12.3. The topological polar surface area (TPSA) is 102 Å². The van der Waals surface area contributed by atoms with Gasteiger partial charge in [0, 0.05) is 19.3 Å². The summed E-state index contributed by atoms with van der Waals surface area (Å²) in [4.78, 5) is 28.9. The molecule has 0 amide bonds. The van der Waals surface area contributed by atoms with Crippen molar-refractivity contribution in [3.63, 3.8) is 0 Å². The number of ether oxygens (including phenoxy) is 2. The van der Waals surface area contributed by atoms with Crippen LogP contribution in [0.2, 0.25) is 0 Å². The summed E-state index contributed by atoms with van der Waals surface area (Å²) in [5.74, 6) is -0.754. The van der Waals surface area contributed by atoms with Crippen LogP contribution in [-0.4, -0.2) is 83.2 Å². The lowest BCUT2D eigenvalue weighted by Crippen LogP contribution is -3.00. The van der Waals surface area contributed by atoms with Gasteiger partial charge in [-0.3, -0.25) is 23.2 Å². The Morgan fingerprint density at radius 1 is 0.525 bits per heavy atom. The maximum absolute atomic E-state index is 13.5. The number of carbonyl (C=O) groups is 2. The fraction of sp³-hybridized carbons (Fsp3) is 0.939. The summed E-state index contributed by atoms with van der Waals surface area (Å²) in [6, 6.07) is 0. The van der Waals surface area contributed by atoms with Crippen LogP contribution in [0.5, 0.6) is 0 Å². The Morgan fingerprint density at radius 3 is 1.26 bits per heavy atom. The third-order valence-electron chi connectivity index (χ3n) is 10.8. The Labute approximate surface area is 383 Å². The van der Waals surface area contributed by atoms with E-state index in [4.69, 9.17) is 29.6 Å². The Hall–Kier alpha value is -1.21. The fourth-order valence-corrected chi connectivity index (χ4v) is 8.33. The van der Waals surface area contributed by atoms with Crippen LogP contribution in [0.3, 0.4) is 0 Å². The van der Waals surface area contributed by atoms with E-state index in [0.717, 1.165) is 49.6 Å². The molecule has 0 aromatic carbocycles. The van der Waals surface area contributed by atoms with Crippen molar-refractivity contribution < 1.29 is 54.1 Å². The average molecular weight is 910 g/mol. The van der Waals surface area contributed by atoms with Gasteiger partial charge in [0.2, 0.25) is 6.54 Å². The Balaban J connectivity index is -0.0000168. The van der Waals surface area contributed by atoms with Crippen LogP contribution >= 0.6 is 7.82 Å². The molecule has 0 aliphatic carbocycles. The van der Waals surface area contributed by atoms with E-state index in [0.29, 0.717) is 12.8 Å². The maximum atomic E-state index is 13.5. The zero-order chi connectivity index (χ0) is 43.6. The molecule has 0 aliphatic heterocycles. The number of hydrogen-bond acceptors (Lipinski definition) is 8. The van der Waals surface area contributed by atoms with E-state index in [-0.39, 0.29) is 65.2 Å². The number of phosphoric acid groups is 1. The first kappa shape index (κ1) is 64.1. The molecule has 0 heterocycles. The van der Waals surface area contributed by atoms with Gasteiger partial charge in [-0.15, -0.1) is 0 Å². The van der Waals surface area contributed by atoms with Gasteiger partial charge in [-0.25, -0.2) is 11.1 Å². The van der Waals surface area contributed by atoms with Gasteiger partial charge in [0.25, 0.3) is 0 Å². The summed E-state index contributed by atoms with van der Waals surface area (Å²) in [5.41, 5.74) is 0. The highest BCUT2D eigenvalue weighted by molar-refractivity contribution is 7.48. The van der Waals surface area contributed by atoms with Gasteiger partial charge in [0.15, 0.2) is 6.10 Å². The monoisotopic (exact) mass is 909 g/mol. The molecule has 0 aromatic heterocycles. The highest BCUT2D eigenvalue weighted by atomic mass is 35.5. The summed E-state index contributed by atoms with van der Waals surface area (Å²) in [6.07, 6.45) is 37.7. The molecule has 0 saturated carbocycles. The predicted molar refractivity (Wildman–Crippen MR) is 251 cm³/mol. The van der Waals surface area contributed by atoms with Gasteiger partial charge in [0.1, 0.15) is 13.2 Å². The lowest BCUT2D eigenvalue weighted by Gasteiger charge is -2.25. The van der Waals surface area contributed by atoms with Gasteiger partial charge in [-0.1, -0.05) is 201 Å². The van der Waals surface area contributed by atoms with E-state index in [9.17, 15) is 14.2 Å². The second-order valence-corrected chi connectivity index (χ2v) is 19.5. The average Bonchev–Trinajstić information content (AvgIpc) is 3.20. The van der Waals surface area contributed by atoms with Crippen molar-refractivity contribution in [1.29, 1.82) is 0 Å². The third kappa shape index (κ3) is 48.1. The summed E-state index contributed by atoms with van der Waals surface area (Å²) >= 11 is 0. The molecule has 0 spiro atoms. The number of phosphoric ester groups is 1. The zero-order valence-corrected chi connectivity index (χ0v) is 41.3. The number of halogens is 1. The number of esters is 2. The molecule has 0 N–H and O–H groups in total. The first-order valence-corrected chi connectivity index (χ1v) is 26.0. The van der Waals surface area contributed by atoms with Gasteiger partial charge in [0.05, 0.1) is 40.9 Å². The minimum absolute atomic E-state index is 0. The van der Waals surface area contributed by atoms with Crippen molar-refractivity contribution in [3.8, 4) is 0 Å². The van der Waals surface area contributed by atoms with Crippen LogP contribution < -0.4 is 12.4 Å². The lowest BCUT2D eigenvalue weighted by atomic mass is 10.0. The predicted octanol–water partition coefficient (Wildman–Crippen LogP) is 11.8. The second kappa shape index (κ2) is 46.8. The van der Waals surface area contributed by atoms with Crippen LogP contribution in [0.15, 0.2) is 0 Å². The molecule has 0 aliphatic rings. The van der Waals surface area contributed by atoms with E-state index in [1.165, 1.54) is 154 Å². The van der Waals surface area contributed by atoms with Crippen LogP contribution in [0.25, 0.3) is 4.85 Å². The van der Waals surface area contributed by atoms with E-state index in [1.54, 1.807) is 0 Å². The molecule has 0 fully saturated rings. The van der Waals surface area contributed by atoms with Crippen molar-refractivity contribution in [1.82, 2.24) is 0 Å².